The molecule has 0 aliphatic carbocycles. The Kier molecular flexibility index (Phi) is 3.39. The molecule has 0 atom stereocenters. The van der Waals surface area contributed by atoms with Crippen molar-refractivity contribution in [3.05, 3.63) is 12.2 Å². The Morgan fingerprint density at radius 1 is 1.77 bits per heavy atom. The first kappa shape index (κ1) is 9.66. The molecule has 6 heteroatoms. The van der Waals surface area contributed by atoms with E-state index in [0.29, 0.717) is 12.5 Å². The van der Waals surface area contributed by atoms with Gasteiger partial charge in [-0.15, -0.1) is 0 Å². The van der Waals surface area contributed by atoms with E-state index in [2.05, 4.69) is 20.7 Å². The first-order valence-electron chi connectivity index (χ1n) is 3.97. The minimum atomic E-state index is -0.418. The van der Waals surface area contributed by atoms with E-state index < -0.39 is 5.91 Å². The molecule has 1 aromatic rings. The third-order valence-electron chi connectivity index (χ3n) is 1.21. The summed E-state index contributed by atoms with van der Waals surface area (Å²) in [7, 11) is 0. The molecule has 0 bridgehead atoms. The molecule has 13 heavy (non-hydrogen) atoms. The van der Waals surface area contributed by atoms with Gasteiger partial charge in [0.1, 0.15) is 6.33 Å². The monoisotopic (exact) mass is 184 g/mol. The lowest BCUT2D eigenvalue weighted by Gasteiger charge is -2.05. The number of rotatable bonds is 4. The van der Waals surface area contributed by atoms with Crippen molar-refractivity contribution in [1.82, 2.24) is 20.7 Å². The molecular formula is C7H12N4O2. The number of carbonyl (C=O) groups is 1. The van der Waals surface area contributed by atoms with Gasteiger partial charge >= 0.3 is 5.91 Å². The number of hydrogen-bond acceptors (Lipinski definition) is 4. The van der Waals surface area contributed by atoms with Crippen molar-refractivity contribution >= 4 is 5.91 Å². The van der Waals surface area contributed by atoms with Gasteiger partial charge in [-0.3, -0.25) is 14.7 Å². The van der Waals surface area contributed by atoms with E-state index in [1.807, 2.05) is 13.8 Å². The lowest BCUT2D eigenvalue weighted by molar-refractivity contribution is 0.0201. The first-order chi connectivity index (χ1) is 6.20. The minimum Gasteiger partial charge on any atom is -0.273 e. The Bertz CT molecular complexity index is 257. The second-order valence-corrected chi connectivity index (χ2v) is 2.97. The van der Waals surface area contributed by atoms with Gasteiger partial charge in [0.05, 0.1) is 6.61 Å². The molecule has 0 saturated heterocycles. The maximum atomic E-state index is 11.1. The summed E-state index contributed by atoms with van der Waals surface area (Å²) < 4.78 is 0. The summed E-state index contributed by atoms with van der Waals surface area (Å²) in [6.45, 7) is 4.45. The molecule has 0 radical (unpaired) electrons. The molecule has 0 aliphatic heterocycles. The summed E-state index contributed by atoms with van der Waals surface area (Å²) in [6, 6.07) is 0. The fourth-order valence-electron chi connectivity index (χ4n) is 0.637. The van der Waals surface area contributed by atoms with Crippen LogP contribution in [0.15, 0.2) is 6.33 Å². The highest BCUT2D eigenvalue weighted by molar-refractivity contribution is 5.89. The van der Waals surface area contributed by atoms with Crippen LogP contribution >= 0.6 is 0 Å². The van der Waals surface area contributed by atoms with Gasteiger partial charge in [0.2, 0.25) is 5.82 Å². The van der Waals surface area contributed by atoms with Gasteiger partial charge < -0.3 is 0 Å². The quantitative estimate of drug-likeness (QED) is 0.651. The maximum absolute atomic E-state index is 11.1. The number of aromatic nitrogens is 3. The molecule has 1 amide bonds. The van der Waals surface area contributed by atoms with Crippen molar-refractivity contribution in [1.29, 1.82) is 0 Å². The number of nitrogens with zero attached hydrogens (tertiary/aromatic N) is 2. The van der Waals surface area contributed by atoms with Crippen LogP contribution < -0.4 is 5.48 Å². The van der Waals surface area contributed by atoms with E-state index in [9.17, 15) is 4.79 Å². The number of nitrogens with one attached hydrogen (secondary N) is 2. The third-order valence-corrected chi connectivity index (χ3v) is 1.21. The van der Waals surface area contributed by atoms with E-state index in [-0.39, 0.29) is 5.82 Å². The van der Waals surface area contributed by atoms with Crippen molar-refractivity contribution in [3.8, 4) is 0 Å². The zero-order valence-corrected chi connectivity index (χ0v) is 7.57. The zero-order valence-electron chi connectivity index (χ0n) is 7.57. The van der Waals surface area contributed by atoms with Crippen molar-refractivity contribution in [2.75, 3.05) is 6.61 Å². The number of H-pyrrole nitrogens is 1. The zero-order chi connectivity index (χ0) is 9.68. The smallest absolute Gasteiger partial charge is 0.273 e. The topological polar surface area (TPSA) is 79.9 Å². The highest BCUT2D eigenvalue weighted by Gasteiger charge is 2.07. The van der Waals surface area contributed by atoms with E-state index in [1.165, 1.54) is 6.33 Å². The van der Waals surface area contributed by atoms with Crippen molar-refractivity contribution < 1.29 is 9.63 Å². The van der Waals surface area contributed by atoms with Gasteiger partial charge in [0.15, 0.2) is 0 Å². The van der Waals surface area contributed by atoms with Crippen LogP contribution in [0.5, 0.6) is 0 Å². The molecule has 1 heterocycles. The maximum Gasteiger partial charge on any atom is 0.312 e. The fraction of sp³-hybridized carbons (Fsp3) is 0.571. The first-order valence-corrected chi connectivity index (χ1v) is 3.97. The summed E-state index contributed by atoms with van der Waals surface area (Å²) >= 11 is 0. The summed E-state index contributed by atoms with van der Waals surface area (Å²) in [5.74, 6) is 0.0944. The van der Waals surface area contributed by atoms with Gasteiger partial charge in [-0.25, -0.2) is 10.5 Å². The van der Waals surface area contributed by atoms with Crippen molar-refractivity contribution in [2.24, 2.45) is 5.92 Å². The van der Waals surface area contributed by atoms with Crippen LogP contribution in [-0.4, -0.2) is 27.7 Å². The third kappa shape index (κ3) is 3.20. The van der Waals surface area contributed by atoms with Crippen molar-refractivity contribution in [3.63, 3.8) is 0 Å². The number of aromatic amines is 1. The Labute approximate surface area is 75.7 Å². The highest BCUT2D eigenvalue weighted by atomic mass is 16.7. The molecule has 72 valence electrons. The second-order valence-electron chi connectivity index (χ2n) is 2.97. The summed E-state index contributed by atoms with van der Waals surface area (Å²) in [5, 5.41) is 5.96. The SMILES string of the molecule is CC(C)CONC(=O)c1ncn[nH]1. The molecule has 0 aromatic carbocycles. The van der Waals surface area contributed by atoms with Crippen LogP contribution in [0, 0.1) is 5.92 Å². The predicted octanol–water partition coefficient (Wildman–Crippen LogP) is 0.122. The van der Waals surface area contributed by atoms with E-state index in [0.717, 1.165) is 0 Å². The van der Waals surface area contributed by atoms with Gasteiger partial charge in [-0.2, -0.15) is 5.10 Å². The van der Waals surface area contributed by atoms with Crippen LogP contribution in [0.2, 0.25) is 0 Å². The van der Waals surface area contributed by atoms with Crippen molar-refractivity contribution in [2.45, 2.75) is 13.8 Å². The number of amides is 1. The second kappa shape index (κ2) is 4.56. The standard InChI is InChI=1S/C7H12N4O2/c1-5(2)3-13-11-7(12)6-8-4-9-10-6/h4-5H,3H2,1-2H3,(H,11,12)(H,8,9,10). The summed E-state index contributed by atoms with van der Waals surface area (Å²) in [5.41, 5.74) is 2.24. The molecule has 0 saturated carbocycles. The molecule has 6 nitrogen and oxygen atoms in total. The van der Waals surface area contributed by atoms with Crippen LogP contribution in [0.25, 0.3) is 0 Å². The number of hydrogen-bond donors (Lipinski definition) is 2. The molecular weight excluding hydrogens is 172 g/mol. The fourth-order valence-corrected chi connectivity index (χ4v) is 0.637. The average Bonchev–Trinajstić information content (AvgIpc) is 2.55. The molecule has 2 N–H and O–H groups in total. The largest absolute Gasteiger partial charge is 0.312 e. The Morgan fingerprint density at radius 3 is 3.08 bits per heavy atom. The van der Waals surface area contributed by atoms with Gasteiger partial charge in [0, 0.05) is 0 Å². The summed E-state index contributed by atoms with van der Waals surface area (Å²) in [6.07, 6.45) is 1.26. The minimum absolute atomic E-state index is 0.142. The van der Waals surface area contributed by atoms with Crippen LogP contribution in [0.3, 0.4) is 0 Å². The Hall–Kier alpha value is -1.43. The van der Waals surface area contributed by atoms with E-state index in [1.54, 1.807) is 0 Å². The van der Waals surface area contributed by atoms with Crippen LogP contribution in [0.4, 0.5) is 0 Å². The lowest BCUT2D eigenvalue weighted by atomic mass is 10.2. The van der Waals surface area contributed by atoms with Gasteiger partial charge in [-0.1, -0.05) is 13.8 Å². The molecule has 0 aliphatic rings. The summed E-state index contributed by atoms with van der Waals surface area (Å²) in [4.78, 5) is 19.7. The molecule has 0 unspecified atom stereocenters. The highest BCUT2D eigenvalue weighted by Crippen LogP contribution is 1.91. The molecule has 0 fully saturated rings. The molecule has 1 rings (SSSR count). The molecule has 1 aromatic heterocycles. The number of hydroxylamine groups is 1. The Morgan fingerprint density at radius 2 is 2.54 bits per heavy atom. The van der Waals surface area contributed by atoms with Crippen LogP contribution in [0.1, 0.15) is 24.5 Å². The molecule has 0 spiro atoms. The predicted molar refractivity (Wildman–Crippen MR) is 44.6 cm³/mol. The van der Waals surface area contributed by atoms with Gasteiger partial charge in [-0.05, 0) is 5.92 Å². The van der Waals surface area contributed by atoms with Crippen LogP contribution in [-0.2, 0) is 4.84 Å². The van der Waals surface area contributed by atoms with E-state index >= 15 is 0 Å². The van der Waals surface area contributed by atoms with E-state index in [4.69, 9.17) is 4.84 Å². The van der Waals surface area contributed by atoms with Gasteiger partial charge in [0.25, 0.3) is 0 Å². The average molecular weight is 184 g/mol. The number of carbonyl (C=O) groups excluding carboxylic acids is 1. The lowest BCUT2D eigenvalue weighted by Crippen LogP contribution is -2.26. The normalized spacial score (nSPS) is 10.4. The Balaban J connectivity index is 2.27.